The second kappa shape index (κ2) is 5.20. The molecule has 0 N–H and O–H groups in total. The molecule has 0 bridgehead atoms. The first-order valence-electron chi connectivity index (χ1n) is 6.12. The molecule has 0 aliphatic heterocycles. The molecular formula is C13H14N4O3. The summed E-state index contributed by atoms with van der Waals surface area (Å²) in [5.41, 5.74) is 2.25. The molecule has 0 atom stereocenters. The third-order valence-corrected chi connectivity index (χ3v) is 3.02. The fourth-order valence-corrected chi connectivity index (χ4v) is 2.04. The van der Waals surface area contributed by atoms with Gasteiger partial charge in [-0.2, -0.15) is 0 Å². The molecule has 0 spiro atoms. The number of aryl methyl sites for hydroxylation is 1. The van der Waals surface area contributed by atoms with Gasteiger partial charge in [-0.1, -0.05) is 25.1 Å². The number of aldehydes is 1. The lowest BCUT2D eigenvalue weighted by Gasteiger charge is -2.11. The lowest BCUT2D eigenvalue weighted by molar-refractivity contribution is -0.384. The van der Waals surface area contributed by atoms with Crippen molar-refractivity contribution in [2.75, 3.05) is 0 Å². The van der Waals surface area contributed by atoms with Crippen LogP contribution in [0, 0.1) is 17.0 Å². The molecule has 0 saturated carbocycles. The van der Waals surface area contributed by atoms with Crippen LogP contribution < -0.4 is 0 Å². The molecule has 0 amide bonds. The number of nitro benzene ring substituents is 1. The minimum Gasteiger partial charge on any atom is -0.296 e. The van der Waals surface area contributed by atoms with Crippen molar-refractivity contribution < 1.29 is 9.72 Å². The Bertz CT molecular complexity index is 676. The summed E-state index contributed by atoms with van der Waals surface area (Å²) in [6.07, 6.45) is 0.644. The summed E-state index contributed by atoms with van der Waals surface area (Å²) < 4.78 is 1.50. The maximum Gasteiger partial charge on any atom is 0.271 e. The van der Waals surface area contributed by atoms with Crippen LogP contribution in [0.1, 0.15) is 41.5 Å². The highest BCUT2D eigenvalue weighted by atomic mass is 16.6. The van der Waals surface area contributed by atoms with E-state index in [0.29, 0.717) is 17.7 Å². The minimum atomic E-state index is -0.463. The van der Waals surface area contributed by atoms with Gasteiger partial charge in [0.05, 0.1) is 16.3 Å². The van der Waals surface area contributed by atoms with Crippen molar-refractivity contribution in [1.29, 1.82) is 0 Å². The fourth-order valence-electron chi connectivity index (χ4n) is 2.04. The largest absolute Gasteiger partial charge is 0.296 e. The molecule has 2 aromatic rings. The number of benzene rings is 1. The van der Waals surface area contributed by atoms with Gasteiger partial charge in [-0.25, -0.2) is 4.68 Å². The Morgan fingerprint density at radius 1 is 1.40 bits per heavy atom. The molecule has 0 aliphatic rings. The van der Waals surface area contributed by atoms with Crippen molar-refractivity contribution in [2.24, 2.45) is 0 Å². The number of carbonyl (C=O) groups excluding carboxylic acids is 1. The van der Waals surface area contributed by atoms with Crippen molar-refractivity contribution in [1.82, 2.24) is 15.0 Å². The average Bonchev–Trinajstić information content (AvgIpc) is 2.82. The number of hydrogen-bond donors (Lipinski definition) is 0. The van der Waals surface area contributed by atoms with Gasteiger partial charge >= 0.3 is 0 Å². The summed E-state index contributed by atoms with van der Waals surface area (Å²) in [5, 5.41) is 18.7. The van der Waals surface area contributed by atoms with Gasteiger partial charge in [0.25, 0.3) is 5.69 Å². The summed E-state index contributed by atoms with van der Waals surface area (Å²) in [5.74, 6) is 0.0175. The van der Waals surface area contributed by atoms with Crippen LogP contribution in [0.4, 0.5) is 5.69 Å². The van der Waals surface area contributed by atoms with E-state index in [1.807, 2.05) is 20.8 Å². The number of nitrogens with zero attached hydrogens (tertiary/aromatic N) is 4. The van der Waals surface area contributed by atoms with Crippen molar-refractivity contribution in [2.45, 2.75) is 26.7 Å². The molecule has 0 radical (unpaired) electrons. The quantitative estimate of drug-likeness (QED) is 0.485. The van der Waals surface area contributed by atoms with E-state index < -0.39 is 4.92 Å². The number of carbonyl (C=O) groups is 1. The topological polar surface area (TPSA) is 90.9 Å². The minimum absolute atomic E-state index is 0.0175. The molecule has 0 unspecified atom stereocenters. The van der Waals surface area contributed by atoms with Crippen LogP contribution in [0.25, 0.3) is 5.69 Å². The summed E-state index contributed by atoms with van der Waals surface area (Å²) in [4.78, 5) is 21.4. The van der Waals surface area contributed by atoms with Gasteiger partial charge in [-0.3, -0.25) is 14.9 Å². The van der Waals surface area contributed by atoms with Gasteiger partial charge in [-0.05, 0) is 18.4 Å². The van der Waals surface area contributed by atoms with Crippen LogP contribution in [0.2, 0.25) is 0 Å². The standard InChI is InChI=1S/C13H14N4O3/c1-8(2)13-11(7-18)14-15-16(13)12-6-10(17(19)20)5-4-9(12)3/h4-8H,1-3H3. The number of hydrogen-bond acceptors (Lipinski definition) is 5. The number of rotatable bonds is 4. The first-order valence-corrected chi connectivity index (χ1v) is 6.12. The predicted molar refractivity (Wildman–Crippen MR) is 72.2 cm³/mol. The van der Waals surface area contributed by atoms with E-state index in [-0.39, 0.29) is 17.3 Å². The summed E-state index contributed by atoms with van der Waals surface area (Å²) in [6.45, 7) is 5.65. The van der Waals surface area contributed by atoms with Gasteiger partial charge in [0.15, 0.2) is 6.29 Å². The fraction of sp³-hybridized carbons (Fsp3) is 0.308. The number of aromatic nitrogens is 3. The van der Waals surface area contributed by atoms with Crippen molar-refractivity contribution >= 4 is 12.0 Å². The Kier molecular flexibility index (Phi) is 3.60. The molecule has 7 nitrogen and oxygen atoms in total. The second-order valence-electron chi connectivity index (χ2n) is 4.77. The Morgan fingerprint density at radius 2 is 2.10 bits per heavy atom. The van der Waals surface area contributed by atoms with E-state index >= 15 is 0 Å². The molecule has 0 saturated heterocycles. The normalized spacial score (nSPS) is 10.8. The lowest BCUT2D eigenvalue weighted by atomic mass is 10.1. The van der Waals surface area contributed by atoms with Crippen LogP contribution >= 0.6 is 0 Å². The molecule has 7 heteroatoms. The summed E-state index contributed by atoms with van der Waals surface area (Å²) >= 11 is 0. The van der Waals surface area contributed by atoms with Crippen LogP contribution in [-0.4, -0.2) is 26.2 Å². The van der Waals surface area contributed by atoms with Crippen molar-refractivity contribution in [3.63, 3.8) is 0 Å². The van der Waals surface area contributed by atoms with Gasteiger partial charge in [0.2, 0.25) is 0 Å². The zero-order valence-electron chi connectivity index (χ0n) is 11.4. The van der Waals surface area contributed by atoms with Crippen LogP contribution in [-0.2, 0) is 0 Å². The molecule has 1 heterocycles. The molecular weight excluding hydrogens is 260 g/mol. The van der Waals surface area contributed by atoms with E-state index in [9.17, 15) is 14.9 Å². The predicted octanol–water partition coefficient (Wildman–Crippen LogP) is 2.42. The maximum atomic E-state index is 11.0. The molecule has 1 aromatic carbocycles. The monoisotopic (exact) mass is 274 g/mol. The second-order valence-corrected chi connectivity index (χ2v) is 4.77. The lowest BCUT2D eigenvalue weighted by Crippen LogP contribution is -2.07. The summed E-state index contributed by atoms with van der Waals surface area (Å²) in [7, 11) is 0. The Hall–Kier alpha value is -2.57. The smallest absolute Gasteiger partial charge is 0.271 e. The molecule has 2 rings (SSSR count). The molecule has 0 fully saturated rings. The zero-order valence-corrected chi connectivity index (χ0v) is 11.4. The van der Waals surface area contributed by atoms with Crippen LogP contribution in [0.3, 0.4) is 0 Å². The van der Waals surface area contributed by atoms with E-state index in [1.54, 1.807) is 6.07 Å². The highest BCUT2D eigenvalue weighted by molar-refractivity contribution is 5.74. The van der Waals surface area contributed by atoms with Gasteiger partial charge in [-0.15, -0.1) is 5.10 Å². The molecule has 0 aliphatic carbocycles. The molecule has 104 valence electrons. The third-order valence-electron chi connectivity index (χ3n) is 3.02. The zero-order chi connectivity index (χ0) is 14.9. The maximum absolute atomic E-state index is 11.0. The molecule has 20 heavy (non-hydrogen) atoms. The third kappa shape index (κ3) is 2.29. The molecule has 1 aromatic heterocycles. The van der Waals surface area contributed by atoms with E-state index in [4.69, 9.17) is 0 Å². The van der Waals surface area contributed by atoms with E-state index in [2.05, 4.69) is 10.3 Å². The highest BCUT2D eigenvalue weighted by Gasteiger charge is 2.19. The van der Waals surface area contributed by atoms with Gasteiger partial charge in [0.1, 0.15) is 5.69 Å². The van der Waals surface area contributed by atoms with Crippen LogP contribution in [0.15, 0.2) is 18.2 Å². The van der Waals surface area contributed by atoms with Gasteiger partial charge in [0, 0.05) is 12.1 Å². The van der Waals surface area contributed by atoms with E-state index in [0.717, 1.165) is 5.56 Å². The average molecular weight is 274 g/mol. The first kappa shape index (κ1) is 13.9. The Morgan fingerprint density at radius 3 is 2.65 bits per heavy atom. The number of nitro groups is 1. The van der Waals surface area contributed by atoms with Crippen molar-refractivity contribution in [3.05, 3.63) is 45.3 Å². The van der Waals surface area contributed by atoms with E-state index in [1.165, 1.54) is 16.8 Å². The Labute approximate surface area is 115 Å². The van der Waals surface area contributed by atoms with Crippen molar-refractivity contribution in [3.8, 4) is 5.69 Å². The highest BCUT2D eigenvalue weighted by Crippen LogP contribution is 2.25. The summed E-state index contributed by atoms with van der Waals surface area (Å²) in [6, 6.07) is 4.52. The Balaban J connectivity index is 2.68. The number of non-ortho nitro benzene ring substituents is 1. The van der Waals surface area contributed by atoms with Gasteiger partial charge < -0.3 is 0 Å². The van der Waals surface area contributed by atoms with Crippen LogP contribution in [0.5, 0.6) is 0 Å². The first-order chi connectivity index (χ1) is 9.45. The SMILES string of the molecule is Cc1ccc([N+](=O)[O-])cc1-n1nnc(C=O)c1C(C)C.